The van der Waals surface area contributed by atoms with Gasteiger partial charge < -0.3 is 10.0 Å². The van der Waals surface area contributed by atoms with Gasteiger partial charge in [0.05, 0.1) is 5.56 Å². The molecule has 1 aliphatic carbocycles. The molecule has 4 rings (SSSR count). The molecule has 1 N–H and O–H groups in total. The van der Waals surface area contributed by atoms with Crippen molar-refractivity contribution in [3.8, 4) is 0 Å². The Morgan fingerprint density at radius 2 is 2.04 bits per heavy atom. The smallest absolute Gasteiger partial charge is 0.326 e. The number of hydrogen-bond acceptors (Lipinski definition) is 4. The number of amides is 1. The summed E-state index contributed by atoms with van der Waals surface area (Å²) in [5.74, 6) is -0.798. The third-order valence-corrected chi connectivity index (χ3v) is 5.15. The Hall–Kier alpha value is -2.44. The molecule has 2 aromatic rings. The number of aliphatic carboxylic acids is 1. The van der Waals surface area contributed by atoms with Gasteiger partial charge in [-0.3, -0.25) is 9.20 Å². The minimum Gasteiger partial charge on any atom is -0.480 e. The van der Waals surface area contributed by atoms with Crippen LogP contribution in [0.15, 0.2) is 24.7 Å². The van der Waals surface area contributed by atoms with Crippen molar-refractivity contribution in [3.63, 3.8) is 0 Å². The van der Waals surface area contributed by atoms with Crippen molar-refractivity contribution in [3.05, 3.63) is 30.2 Å². The highest BCUT2D eigenvalue weighted by atomic mass is 16.4. The SMILES string of the molecule is O=C(O)[C@@H]1C[C@@H]2CCCC[C@@H]2N1C(=O)c1ccc2nncn2c1. The first kappa shape index (κ1) is 14.2. The van der Waals surface area contributed by atoms with Gasteiger partial charge in [0.2, 0.25) is 0 Å². The number of carboxylic acids is 1. The number of carbonyl (C=O) groups is 2. The van der Waals surface area contributed by atoms with Crippen molar-refractivity contribution >= 4 is 17.5 Å². The predicted molar refractivity (Wildman–Crippen MR) is 80.9 cm³/mol. The van der Waals surface area contributed by atoms with Gasteiger partial charge in [-0.1, -0.05) is 12.8 Å². The maximum Gasteiger partial charge on any atom is 0.326 e. The quantitative estimate of drug-likeness (QED) is 0.909. The van der Waals surface area contributed by atoms with E-state index in [4.69, 9.17) is 0 Å². The molecule has 1 saturated carbocycles. The summed E-state index contributed by atoms with van der Waals surface area (Å²) in [6.07, 6.45) is 7.88. The second-order valence-electron chi connectivity index (χ2n) is 6.43. The summed E-state index contributed by atoms with van der Waals surface area (Å²) < 4.78 is 1.68. The van der Waals surface area contributed by atoms with Crippen LogP contribution in [0.2, 0.25) is 0 Å². The summed E-state index contributed by atoms with van der Waals surface area (Å²) in [5.41, 5.74) is 1.14. The van der Waals surface area contributed by atoms with Crippen LogP contribution in [0.3, 0.4) is 0 Å². The third kappa shape index (κ3) is 2.27. The van der Waals surface area contributed by atoms with E-state index in [1.807, 2.05) is 0 Å². The highest BCUT2D eigenvalue weighted by Gasteiger charge is 2.47. The molecule has 23 heavy (non-hydrogen) atoms. The first-order valence-corrected chi connectivity index (χ1v) is 8.00. The molecule has 2 aromatic heterocycles. The Bertz CT molecular complexity index is 772. The van der Waals surface area contributed by atoms with E-state index in [9.17, 15) is 14.7 Å². The number of aromatic nitrogens is 3. The molecular weight excluding hydrogens is 296 g/mol. The van der Waals surface area contributed by atoms with E-state index in [-0.39, 0.29) is 11.9 Å². The molecule has 1 saturated heterocycles. The lowest BCUT2D eigenvalue weighted by atomic mass is 9.84. The Kier molecular flexibility index (Phi) is 3.28. The molecule has 3 heterocycles. The van der Waals surface area contributed by atoms with Crippen LogP contribution in [0.1, 0.15) is 42.5 Å². The molecule has 0 radical (unpaired) electrons. The largest absolute Gasteiger partial charge is 0.480 e. The Morgan fingerprint density at radius 3 is 2.87 bits per heavy atom. The van der Waals surface area contributed by atoms with Gasteiger partial charge in [-0.25, -0.2) is 4.79 Å². The molecule has 120 valence electrons. The van der Waals surface area contributed by atoms with Crippen molar-refractivity contribution in [2.24, 2.45) is 5.92 Å². The fraction of sp³-hybridized carbons (Fsp3) is 0.500. The van der Waals surface area contributed by atoms with Crippen LogP contribution in [-0.2, 0) is 4.79 Å². The number of carbonyl (C=O) groups excluding carboxylic acids is 1. The van der Waals surface area contributed by atoms with E-state index in [1.165, 1.54) is 6.33 Å². The Balaban J connectivity index is 1.70. The average Bonchev–Trinajstić information content (AvgIpc) is 3.17. The molecule has 3 atom stereocenters. The topological polar surface area (TPSA) is 87.8 Å². The number of fused-ring (bicyclic) bond motifs is 2. The summed E-state index contributed by atoms with van der Waals surface area (Å²) in [5, 5.41) is 17.3. The highest BCUT2D eigenvalue weighted by Crippen LogP contribution is 2.40. The van der Waals surface area contributed by atoms with Gasteiger partial charge in [0.1, 0.15) is 12.4 Å². The van der Waals surface area contributed by atoms with E-state index in [1.54, 1.807) is 27.6 Å². The van der Waals surface area contributed by atoms with Crippen LogP contribution in [-0.4, -0.2) is 48.6 Å². The second kappa shape index (κ2) is 5.33. The number of carboxylic acid groups (broad SMARTS) is 1. The predicted octanol–water partition coefficient (Wildman–Crippen LogP) is 1.59. The van der Waals surface area contributed by atoms with E-state index in [0.29, 0.717) is 23.5 Å². The Morgan fingerprint density at radius 1 is 1.22 bits per heavy atom. The van der Waals surface area contributed by atoms with Crippen LogP contribution in [0, 0.1) is 5.92 Å². The van der Waals surface area contributed by atoms with E-state index >= 15 is 0 Å². The number of likely N-dealkylation sites (tertiary alicyclic amines) is 1. The van der Waals surface area contributed by atoms with Crippen LogP contribution in [0.5, 0.6) is 0 Å². The molecule has 2 fully saturated rings. The lowest BCUT2D eigenvalue weighted by Crippen LogP contribution is -2.46. The van der Waals surface area contributed by atoms with Gasteiger partial charge in [0.15, 0.2) is 5.65 Å². The number of rotatable bonds is 2. The zero-order chi connectivity index (χ0) is 16.0. The number of nitrogens with zero attached hydrogens (tertiary/aromatic N) is 4. The summed E-state index contributed by atoms with van der Waals surface area (Å²) in [6.45, 7) is 0. The second-order valence-corrected chi connectivity index (χ2v) is 6.43. The van der Waals surface area contributed by atoms with Crippen molar-refractivity contribution < 1.29 is 14.7 Å². The monoisotopic (exact) mass is 314 g/mol. The first-order chi connectivity index (χ1) is 11.1. The molecule has 0 unspecified atom stereocenters. The normalized spacial score (nSPS) is 27.1. The van der Waals surface area contributed by atoms with E-state index in [2.05, 4.69) is 10.2 Å². The first-order valence-electron chi connectivity index (χ1n) is 8.00. The third-order valence-electron chi connectivity index (χ3n) is 5.15. The standard InChI is InChI=1S/C16H18N4O3/c21-15(11-5-6-14-18-17-9-19(14)8-11)20-12-4-2-1-3-10(12)7-13(20)16(22)23/h5-6,8-10,12-13H,1-4,7H2,(H,22,23)/t10-,12-,13-/m0/s1. The molecule has 0 spiro atoms. The Labute approximate surface area is 132 Å². The highest BCUT2D eigenvalue weighted by molar-refractivity contribution is 5.97. The van der Waals surface area contributed by atoms with Crippen LogP contribution >= 0.6 is 0 Å². The lowest BCUT2D eigenvalue weighted by molar-refractivity contribution is -0.141. The van der Waals surface area contributed by atoms with Crippen LogP contribution in [0.4, 0.5) is 0 Å². The van der Waals surface area contributed by atoms with Crippen molar-refractivity contribution in [2.75, 3.05) is 0 Å². The molecule has 0 bridgehead atoms. The minimum absolute atomic E-state index is 0.0500. The maximum absolute atomic E-state index is 13.0. The summed E-state index contributed by atoms with van der Waals surface area (Å²) in [6, 6.07) is 2.76. The van der Waals surface area contributed by atoms with Gasteiger partial charge in [-0.05, 0) is 37.3 Å². The summed E-state index contributed by atoms with van der Waals surface area (Å²) in [4.78, 5) is 26.2. The fourth-order valence-corrected chi connectivity index (χ4v) is 4.08. The van der Waals surface area contributed by atoms with E-state index in [0.717, 1.165) is 25.7 Å². The zero-order valence-electron chi connectivity index (χ0n) is 12.6. The number of hydrogen-bond donors (Lipinski definition) is 1. The van der Waals surface area contributed by atoms with Gasteiger partial charge in [-0.2, -0.15) is 0 Å². The molecule has 1 aliphatic heterocycles. The molecule has 0 aromatic carbocycles. The van der Waals surface area contributed by atoms with E-state index < -0.39 is 12.0 Å². The molecular formula is C16H18N4O3. The van der Waals surface area contributed by atoms with Crippen molar-refractivity contribution in [1.82, 2.24) is 19.5 Å². The minimum atomic E-state index is -0.905. The van der Waals surface area contributed by atoms with Crippen LogP contribution in [0.25, 0.3) is 5.65 Å². The van der Waals surface area contributed by atoms with Crippen LogP contribution < -0.4 is 0 Å². The average molecular weight is 314 g/mol. The van der Waals surface area contributed by atoms with Crippen molar-refractivity contribution in [2.45, 2.75) is 44.2 Å². The van der Waals surface area contributed by atoms with Gasteiger partial charge in [0, 0.05) is 12.2 Å². The lowest BCUT2D eigenvalue weighted by Gasteiger charge is -2.33. The molecule has 2 aliphatic rings. The van der Waals surface area contributed by atoms with Gasteiger partial charge in [-0.15, -0.1) is 10.2 Å². The summed E-state index contributed by atoms with van der Waals surface area (Å²) in [7, 11) is 0. The maximum atomic E-state index is 13.0. The fourth-order valence-electron chi connectivity index (χ4n) is 4.08. The molecule has 7 nitrogen and oxygen atoms in total. The zero-order valence-corrected chi connectivity index (χ0v) is 12.6. The molecule has 7 heteroatoms. The van der Waals surface area contributed by atoms with Gasteiger partial charge in [0.25, 0.3) is 5.91 Å². The number of pyridine rings is 1. The van der Waals surface area contributed by atoms with Gasteiger partial charge >= 0.3 is 5.97 Å². The summed E-state index contributed by atoms with van der Waals surface area (Å²) >= 11 is 0. The van der Waals surface area contributed by atoms with Crippen molar-refractivity contribution in [1.29, 1.82) is 0 Å². The molecule has 1 amide bonds.